The van der Waals surface area contributed by atoms with E-state index in [-0.39, 0.29) is 11.9 Å². The van der Waals surface area contributed by atoms with Gasteiger partial charge in [-0.05, 0) is 51.7 Å². The number of hydrogen-bond donors (Lipinski definition) is 0. The van der Waals surface area contributed by atoms with E-state index in [1.807, 2.05) is 26.0 Å². The fraction of sp³-hybridized carbons (Fsp3) is 0.579. The van der Waals surface area contributed by atoms with Gasteiger partial charge < -0.3 is 9.47 Å². The van der Waals surface area contributed by atoms with Crippen molar-refractivity contribution in [1.29, 1.82) is 0 Å². The van der Waals surface area contributed by atoms with Gasteiger partial charge in [0.25, 0.3) is 0 Å². The van der Waals surface area contributed by atoms with Crippen LogP contribution in [-0.4, -0.2) is 24.6 Å². The largest absolute Gasteiger partial charge is 0.465 e. The van der Waals surface area contributed by atoms with E-state index in [0.29, 0.717) is 18.6 Å². The summed E-state index contributed by atoms with van der Waals surface area (Å²) in [7, 11) is 0. The first-order chi connectivity index (χ1) is 11.0. The van der Waals surface area contributed by atoms with Crippen LogP contribution in [0.5, 0.6) is 0 Å². The molecule has 0 amide bonds. The van der Waals surface area contributed by atoms with Gasteiger partial charge in [0.15, 0.2) is 0 Å². The molecule has 4 nitrogen and oxygen atoms in total. The molecule has 0 N–H and O–H groups in total. The molecule has 2 unspecified atom stereocenters. The summed E-state index contributed by atoms with van der Waals surface area (Å²) in [6, 6.07) is 7.29. The van der Waals surface area contributed by atoms with E-state index in [1.165, 1.54) is 0 Å². The Labute approximate surface area is 138 Å². The molecule has 0 spiro atoms. The first kappa shape index (κ1) is 17.5. The topological polar surface area (TPSA) is 52.6 Å². The number of carbonyl (C=O) groups excluding carboxylic acids is 2. The van der Waals surface area contributed by atoms with E-state index in [9.17, 15) is 9.59 Å². The molecule has 4 heteroatoms. The highest BCUT2D eigenvalue weighted by atomic mass is 16.6. The van der Waals surface area contributed by atoms with Gasteiger partial charge >= 0.3 is 11.9 Å². The van der Waals surface area contributed by atoms with Gasteiger partial charge in [0, 0.05) is 0 Å². The summed E-state index contributed by atoms with van der Waals surface area (Å²) in [5, 5.41) is 0. The normalized spacial score (nSPS) is 23.5. The van der Waals surface area contributed by atoms with Gasteiger partial charge in [-0.1, -0.05) is 31.0 Å². The minimum absolute atomic E-state index is 0.221. The third kappa shape index (κ3) is 3.74. The van der Waals surface area contributed by atoms with Crippen molar-refractivity contribution >= 4 is 11.9 Å². The van der Waals surface area contributed by atoms with Gasteiger partial charge in [0.1, 0.15) is 11.5 Å². The van der Waals surface area contributed by atoms with Crippen LogP contribution in [0.4, 0.5) is 0 Å². The average molecular weight is 318 g/mol. The maximum atomic E-state index is 12.5. The molecule has 1 aliphatic carbocycles. The molecule has 0 radical (unpaired) electrons. The van der Waals surface area contributed by atoms with Crippen LogP contribution in [0, 0.1) is 12.3 Å². The van der Waals surface area contributed by atoms with Crippen LogP contribution >= 0.6 is 0 Å². The first-order valence-corrected chi connectivity index (χ1v) is 8.48. The summed E-state index contributed by atoms with van der Waals surface area (Å²) in [5.74, 6) is -0.581. The van der Waals surface area contributed by atoms with Crippen LogP contribution in [-0.2, 0) is 14.3 Å². The Hall–Kier alpha value is -1.84. The summed E-state index contributed by atoms with van der Waals surface area (Å²) in [4.78, 5) is 24.9. The molecule has 1 aromatic rings. The van der Waals surface area contributed by atoms with Crippen molar-refractivity contribution in [3.8, 4) is 0 Å². The third-order valence-electron chi connectivity index (χ3n) is 4.62. The lowest BCUT2D eigenvalue weighted by atomic mass is 9.79. The van der Waals surface area contributed by atoms with Gasteiger partial charge in [0.05, 0.1) is 12.2 Å². The Kier molecular flexibility index (Phi) is 5.80. The van der Waals surface area contributed by atoms with Crippen LogP contribution in [0.2, 0.25) is 0 Å². The molecular formula is C19H26O4. The van der Waals surface area contributed by atoms with Crippen LogP contribution in [0.25, 0.3) is 0 Å². The number of esters is 2. The van der Waals surface area contributed by atoms with E-state index in [4.69, 9.17) is 9.47 Å². The molecule has 2 rings (SSSR count). The van der Waals surface area contributed by atoms with Gasteiger partial charge in [-0.25, -0.2) is 4.79 Å². The Morgan fingerprint density at radius 2 is 1.91 bits per heavy atom. The van der Waals surface area contributed by atoms with Gasteiger partial charge in [0.2, 0.25) is 0 Å². The van der Waals surface area contributed by atoms with E-state index in [1.54, 1.807) is 19.1 Å². The van der Waals surface area contributed by atoms with E-state index in [0.717, 1.165) is 31.2 Å². The maximum absolute atomic E-state index is 12.5. The molecule has 126 valence electrons. The highest BCUT2D eigenvalue weighted by molar-refractivity contribution is 5.90. The lowest BCUT2D eigenvalue weighted by molar-refractivity contribution is -0.162. The minimum Gasteiger partial charge on any atom is -0.465 e. The number of benzene rings is 1. The van der Waals surface area contributed by atoms with Crippen LogP contribution in [0.3, 0.4) is 0 Å². The van der Waals surface area contributed by atoms with Crippen molar-refractivity contribution in [2.45, 2.75) is 59.0 Å². The second kappa shape index (κ2) is 7.62. The molecule has 2 atom stereocenters. The third-order valence-corrected chi connectivity index (χ3v) is 4.62. The molecule has 0 aliphatic heterocycles. The number of aryl methyl sites for hydroxylation is 1. The Balaban J connectivity index is 2.17. The molecule has 23 heavy (non-hydrogen) atoms. The lowest BCUT2D eigenvalue weighted by Crippen LogP contribution is -2.42. The lowest BCUT2D eigenvalue weighted by Gasteiger charge is -2.32. The maximum Gasteiger partial charge on any atom is 0.338 e. The smallest absolute Gasteiger partial charge is 0.338 e. The Bertz CT molecular complexity index is 549. The van der Waals surface area contributed by atoms with Gasteiger partial charge in [-0.2, -0.15) is 0 Å². The molecule has 0 saturated heterocycles. The van der Waals surface area contributed by atoms with Crippen LogP contribution in [0.15, 0.2) is 24.3 Å². The second-order valence-electron chi connectivity index (χ2n) is 6.28. The zero-order valence-corrected chi connectivity index (χ0v) is 14.3. The fourth-order valence-electron chi connectivity index (χ4n) is 3.44. The number of hydrogen-bond acceptors (Lipinski definition) is 4. The molecule has 1 aromatic carbocycles. The summed E-state index contributed by atoms with van der Waals surface area (Å²) in [5.41, 5.74) is 0.941. The quantitative estimate of drug-likeness (QED) is 0.742. The van der Waals surface area contributed by atoms with Crippen LogP contribution in [0.1, 0.15) is 61.9 Å². The second-order valence-corrected chi connectivity index (χ2v) is 6.28. The zero-order chi connectivity index (χ0) is 16.9. The van der Waals surface area contributed by atoms with Crippen molar-refractivity contribution < 1.29 is 19.1 Å². The number of carbonyl (C=O) groups is 2. The van der Waals surface area contributed by atoms with Crippen molar-refractivity contribution in [2.75, 3.05) is 6.61 Å². The van der Waals surface area contributed by atoms with E-state index in [2.05, 4.69) is 0 Å². The van der Waals surface area contributed by atoms with Gasteiger partial charge in [-0.3, -0.25) is 4.79 Å². The van der Waals surface area contributed by atoms with Crippen molar-refractivity contribution in [2.24, 2.45) is 5.41 Å². The Morgan fingerprint density at radius 1 is 1.22 bits per heavy atom. The number of rotatable bonds is 6. The molecule has 0 bridgehead atoms. The van der Waals surface area contributed by atoms with E-state index < -0.39 is 11.5 Å². The number of ether oxygens (including phenoxy) is 2. The predicted molar refractivity (Wildman–Crippen MR) is 88.2 cm³/mol. The summed E-state index contributed by atoms with van der Waals surface area (Å²) >= 11 is 0. The molecule has 1 aliphatic rings. The highest BCUT2D eigenvalue weighted by Crippen LogP contribution is 2.45. The predicted octanol–water partition coefficient (Wildman–Crippen LogP) is 4.05. The molecular weight excluding hydrogens is 292 g/mol. The van der Waals surface area contributed by atoms with Crippen molar-refractivity contribution in [1.82, 2.24) is 0 Å². The standard InChI is InChI=1S/C19H26O4/c1-4-12-19(18(21)22-5-2)13-6-7-16(19)23-17(20)15-10-8-14(3)9-11-15/h8-11,16H,4-7,12-13H2,1-3H3. The highest BCUT2D eigenvalue weighted by Gasteiger charge is 2.51. The summed E-state index contributed by atoms with van der Waals surface area (Å²) in [6.45, 7) is 6.17. The van der Waals surface area contributed by atoms with Crippen molar-refractivity contribution in [3.05, 3.63) is 35.4 Å². The summed E-state index contributed by atoms with van der Waals surface area (Å²) in [6.07, 6.45) is 3.48. The monoisotopic (exact) mass is 318 g/mol. The molecule has 1 saturated carbocycles. The molecule has 0 aromatic heterocycles. The average Bonchev–Trinajstić information content (AvgIpc) is 2.92. The summed E-state index contributed by atoms with van der Waals surface area (Å²) < 4.78 is 11.0. The minimum atomic E-state index is -0.675. The Morgan fingerprint density at radius 3 is 2.52 bits per heavy atom. The SMILES string of the molecule is CCCC1(C(=O)OCC)CCCC1OC(=O)c1ccc(C)cc1. The van der Waals surface area contributed by atoms with E-state index >= 15 is 0 Å². The first-order valence-electron chi connectivity index (χ1n) is 8.48. The van der Waals surface area contributed by atoms with Crippen LogP contribution < -0.4 is 0 Å². The molecule has 0 heterocycles. The zero-order valence-electron chi connectivity index (χ0n) is 14.3. The van der Waals surface area contributed by atoms with Crippen molar-refractivity contribution in [3.63, 3.8) is 0 Å². The fourth-order valence-corrected chi connectivity index (χ4v) is 3.44. The molecule has 1 fully saturated rings. The van der Waals surface area contributed by atoms with Gasteiger partial charge in [-0.15, -0.1) is 0 Å².